The predicted octanol–water partition coefficient (Wildman–Crippen LogP) is 9.81. The third-order valence-corrected chi connectivity index (χ3v) is 10.4. The summed E-state index contributed by atoms with van der Waals surface area (Å²) in [5.41, 5.74) is 5.78. The van der Waals surface area contributed by atoms with Crippen LogP contribution in [0.3, 0.4) is 0 Å². The van der Waals surface area contributed by atoms with Gasteiger partial charge in [-0.1, -0.05) is 121 Å². The molecule has 0 spiro atoms. The summed E-state index contributed by atoms with van der Waals surface area (Å²) in [6.07, 6.45) is 18.3. The Hall–Kier alpha value is -7.84. The minimum atomic E-state index is 0. The maximum atomic E-state index is 4.08. The zero-order chi connectivity index (χ0) is 40.8. The molecule has 0 unspecified atom stereocenters. The Balaban J connectivity index is 0.000000126. The Morgan fingerprint density at radius 1 is 0.468 bits per heavy atom. The van der Waals surface area contributed by atoms with Crippen molar-refractivity contribution < 1.29 is 29.2 Å². The van der Waals surface area contributed by atoms with Crippen molar-refractivity contribution in [3.8, 4) is 34.1 Å². The number of fused-ring (bicyclic) bond motifs is 4. The molecule has 0 N–H and O–H groups in total. The van der Waals surface area contributed by atoms with Crippen molar-refractivity contribution in [3.05, 3.63) is 238 Å². The first-order chi connectivity index (χ1) is 30.3. The average Bonchev–Trinajstić information content (AvgIpc) is 4.16. The molecule has 0 amide bonds. The Morgan fingerprint density at radius 3 is 1.39 bits per heavy atom. The van der Waals surface area contributed by atoms with E-state index >= 15 is 0 Å². The van der Waals surface area contributed by atoms with Crippen LogP contribution in [0.4, 0.5) is 0 Å². The summed E-state index contributed by atoms with van der Waals surface area (Å²) in [6.45, 7) is 0. The molecule has 0 aliphatic rings. The molecule has 1 radical (unpaired) electrons. The first-order valence-corrected chi connectivity index (χ1v) is 19.8. The van der Waals surface area contributed by atoms with Crippen LogP contribution in [0.15, 0.2) is 213 Å². The van der Waals surface area contributed by atoms with E-state index in [1.807, 2.05) is 73.4 Å². The van der Waals surface area contributed by atoms with Crippen molar-refractivity contribution in [1.82, 2.24) is 29.5 Å². The maximum Gasteiger partial charge on any atom is 0.267 e. The van der Waals surface area contributed by atoms with Gasteiger partial charge in [0.05, 0.1) is 17.1 Å². The van der Waals surface area contributed by atoms with Crippen LogP contribution in [0.2, 0.25) is 0 Å². The molecule has 0 bridgehead atoms. The molecule has 62 heavy (non-hydrogen) atoms. The van der Waals surface area contributed by atoms with E-state index in [2.05, 4.69) is 191 Å². The molecule has 8 aromatic carbocycles. The summed E-state index contributed by atoms with van der Waals surface area (Å²) in [5, 5.41) is 20.4. The molecule has 0 saturated heterocycles. The molecule has 4 heterocycles. The van der Waals surface area contributed by atoms with Crippen molar-refractivity contribution in [1.29, 1.82) is 0 Å². The summed E-state index contributed by atoms with van der Waals surface area (Å²) in [4.78, 5) is 4.08. The van der Waals surface area contributed by atoms with E-state index in [1.165, 1.54) is 43.1 Å². The van der Waals surface area contributed by atoms with Crippen LogP contribution in [0.1, 0.15) is 0 Å². The summed E-state index contributed by atoms with van der Waals surface area (Å²) >= 11 is 0. The third-order valence-electron chi connectivity index (χ3n) is 10.4. The van der Waals surface area contributed by atoms with Crippen LogP contribution < -0.4 is 14.2 Å². The summed E-state index contributed by atoms with van der Waals surface area (Å²) in [5.74, 6) is 0. The Bertz CT molecular complexity index is 2990. The van der Waals surface area contributed by atoms with Gasteiger partial charge in [-0.15, -0.1) is 33.7 Å². The summed E-state index contributed by atoms with van der Waals surface area (Å²) < 4.78 is 8.09. The van der Waals surface area contributed by atoms with Gasteiger partial charge in [0.25, 0.3) is 12.7 Å². The molecule has 0 saturated carbocycles. The number of pyridine rings is 1. The van der Waals surface area contributed by atoms with E-state index in [-0.39, 0.29) is 20.1 Å². The fourth-order valence-corrected chi connectivity index (χ4v) is 7.49. The first kappa shape index (κ1) is 39.6. The van der Waals surface area contributed by atoms with Gasteiger partial charge in [-0.3, -0.25) is 19.3 Å². The van der Waals surface area contributed by atoms with Crippen LogP contribution >= 0.6 is 0 Å². The van der Waals surface area contributed by atoms with Crippen LogP contribution in [0.5, 0.6) is 0 Å². The summed E-state index contributed by atoms with van der Waals surface area (Å²) in [7, 11) is 0. The van der Waals surface area contributed by atoms with Gasteiger partial charge in [-0.2, -0.15) is 36.4 Å². The Morgan fingerprint density at radius 2 is 0.919 bits per heavy atom. The second-order valence-electron chi connectivity index (χ2n) is 14.1. The van der Waals surface area contributed by atoms with Gasteiger partial charge in [0, 0.05) is 51.1 Å². The van der Waals surface area contributed by atoms with Gasteiger partial charge in [0.2, 0.25) is 0 Å². The predicted molar refractivity (Wildman–Crippen MR) is 239 cm³/mol. The van der Waals surface area contributed by atoms with Gasteiger partial charge >= 0.3 is 0 Å². The quantitative estimate of drug-likeness (QED) is 0.127. The molecule has 0 aliphatic carbocycles. The maximum absolute atomic E-state index is 4.08. The molecule has 0 aliphatic heterocycles. The number of hydrogen-bond acceptors (Lipinski definition) is 3. The van der Waals surface area contributed by atoms with Crippen LogP contribution in [-0.2, 0) is 20.1 Å². The average molecular weight is 976 g/mol. The zero-order valence-electron chi connectivity index (χ0n) is 33.1. The number of benzene rings is 8. The number of nitrogens with zero attached hydrogens (tertiary/aromatic N) is 8. The van der Waals surface area contributed by atoms with Crippen molar-refractivity contribution in [2.75, 3.05) is 0 Å². The molecule has 12 rings (SSSR count). The van der Waals surface area contributed by atoms with E-state index in [0.717, 1.165) is 28.4 Å². The monoisotopic (exact) mass is 976 g/mol. The van der Waals surface area contributed by atoms with Gasteiger partial charge in [-0.25, -0.2) is 0 Å². The molecule has 9 heteroatoms. The minimum Gasteiger partial charge on any atom is -0.358 e. The molecule has 12 aromatic rings. The van der Waals surface area contributed by atoms with Crippen molar-refractivity contribution in [2.45, 2.75) is 0 Å². The topological polar surface area (TPSA) is 70.4 Å². The van der Waals surface area contributed by atoms with E-state index in [0.29, 0.717) is 5.69 Å². The molecular weight excluding hydrogens is 941 g/mol. The van der Waals surface area contributed by atoms with Gasteiger partial charge in [0.15, 0.2) is 0 Å². The SMILES string of the molecule is [Ir].[c-]1ccc2ccccc2c1-n1[c-][n+](-c2cccc3ccccc23)cc1.[c-]1ccc2ccccc2c1-n1[c-][n+](-c2cccc3ccccc23)cc1.c1ccc(-c2cnn[n-]2)nc1. The third kappa shape index (κ3) is 8.18. The Kier molecular flexibility index (Phi) is 11.6. The molecule has 299 valence electrons. The number of rotatable bonds is 5. The zero-order valence-corrected chi connectivity index (χ0v) is 35.5. The van der Waals surface area contributed by atoms with Crippen molar-refractivity contribution in [3.63, 3.8) is 0 Å². The van der Waals surface area contributed by atoms with Gasteiger partial charge in [-0.05, 0) is 62.9 Å². The summed E-state index contributed by atoms with van der Waals surface area (Å²) in [6, 6.07) is 66.6. The Labute approximate surface area is 372 Å². The van der Waals surface area contributed by atoms with E-state index < -0.39 is 0 Å². The number of hydrogen-bond donors (Lipinski definition) is 0. The molecule has 4 aromatic heterocycles. The van der Waals surface area contributed by atoms with E-state index in [1.54, 1.807) is 12.4 Å². The molecule has 8 nitrogen and oxygen atoms in total. The van der Waals surface area contributed by atoms with Crippen molar-refractivity contribution in [2.24, 2.45) is 0 Å². The van der Waals surface area contributed by atoms with Crippen molar-refractivity contribution >= 4 is 43.1 Å². The molecule has 0 atom stereocenters. The van der Waals surface area contributed by atoms with Gasteiger partial charge in [0.1, 0.15) is 0 Å². The second-order valence-corrected chi connectivity index (χ2v) is 14.1. The number of imidazole rings is 2. The molecule has 0 fully saturated rings. The number of aromatic nitrogens is 8. The van der Waals surface area contributed by atoms with Crippen LogP contribution in [-0.4, -0.2) is 24.4 Å². The normalized spacial score (nSPS) is 10.8. The fraction of sp³-hybridized carbons (Fsp3) is 0. The first-order valence-electron chi connectivity index (χ1n) is 19.8. The minimum absolute atomic E-state index is 0. The second kappa shape index (κ2) is 18.2. The molecular formula is C53H35IrN8-3. The fourth-order valence-electron chi connectivity index (χ4n) is 7.49. The largest absolute Gasteiger partial charge is 0.358 e. The smallest absolute Gasteiger partial charge is 0.267 e. The standard InChI is InChI=1S/2C23H15N2.C7H5N4.Ir/c2*1-3-11-20-18(7-1)9-5-13-22(20)24-15-16-25(17-24)23-14-6-10-19-8-2-4-12-21(19)23;1-2-4-8-6(3-1)7-5-9-11-10-7;/h2*1-13,15-16H;1-5H;/q3*-1;. The van der Waals surface area contributed by atoms with E-state index in [4.69, 9.17) is 0 Å². The van der Waals surface area contributed by atoms with Gasteiger partial charge < -0.3 is 19.3 Å². The van der Waals surface area contributed by atoms with E-state index in [9.17, 15) is 0 Å². The van der Waals surface area contributed by atoms with Crippen LogP contribution in [0.25, 0.3) is 77.2 Å². The van der Waals surface area contributed by atoms with Crippen LogP contribution in [0, 0.1) is 24.8 Å².